The predicted octanol–water partition coefficient (Wildman–Crippen LogP) is 3.35. The molecule has 2 N–H and O–H groups in total. The molecule has 1 aliphatic carbocycles. The highest BCUT2D eigenvalue weighted by molar-refractivity contribution is 5.94. The molecule has 0 atom stereocenters. The van der Waals surface area contributed by atoms with Crippen molar-refractivity contribution in [2.45, 2.75) is 50.7 Å². The Morgan fingerprint density at radius 3 is 2.33 bits per heavy atom. The van der Waals surface area contributed by atoms with Gasteiger partial charge in [0.1, 0.15) is 5.82 Å². The third-order valence-corrected chi connectivity index (χ3v) is 5.90. The molecule has 2 fully saturated rings. The van der Waals surface area contributed by atoms with Crippen LogP contribution in [0.1, 0.15) is 54.4 Å². The van der Waals surface area contributed by atoms with Gasteiger partial charge >= 0.3 is 6.18 Å². The van der Waals surface area contributed by atoms with Crippen molar-refractivity contribution in [3.8, 4) is 0 Å². The molecule has 0 unspecified atom stereocenters. The lowest BCUT2D eigenvalue weighted by Gasteiger charge is -2.32. The van der Waals surface area contributed by atoms with Gasteiger partial charge in [-0.1, -0.05) is 12.8 Å². The predicted molar refractivity (Wildman–Crippen MR) is 103 cm³/mol. The van der Waals surface area contributed by atoms with E-state index in [9.17, 15) is 27.2 Å². The van der Waals surface area contributed by atoms with Gasteiger partial charge in [-0.3, -0.25) is 9.59 Å². The van der Waals surface area contributed by atoms with E-state index in [-0.39, 0.29) is 23.9 Å². The normalized spacial score (nSPS) is 18.6. The maximum atomic E-state index is 13.5. The molecule has 0 aromatic heterocycles. The summed E-state index contributed by atoms with van der Waals surface area (Å²) in [5, 5.41) is 5.90. The van der Waals surface area contributed by atoms with Gasteiger partial charge in [-0.15, -0.1) is 0 Å². The van der Waals surface area contributed by atoms with Crippen LogP contribution in [0.3, 0.4) is 0 Å². The fourth-order valence-corrected chi connectivity index (χ4v) is 4.08. The SMILES string of the molecule is O=C(NCC1CCN(C(=O)CNC2CCCC2)CC1)c1cc(F)cc(C(F)(F)F)c1. The van der Waals surface area contributed by atoms with Crippen molar-refractivity contribution in [3.05, 3.63) is 35.1 Å². The minimum Gasteiger partial charge on any atom is -0.352 e. The Bertz CT molecular complexity index is 755. The molecule has 0 radical (unpaired) electrons. The summed E-state index contributed by atoms with van der Waals surface area (Å²) in [6, 6.07) is 2.24. The summed E-state index contributed by atoms with van der Waals surface area (Å²) in [4.78, 5) is 26.3. The molecule has 5 nitrogen and oxygen atoms in total. The average molecular weight is 429 g/mol. The standard InChI is InChI=1S/C21H27F4N3O2/c22-17-10-15(9-16(11-17)21(23,24)25)20(30)27-12-14-5-7-28(8-6-14)19(29)13-26-18-3-1-2-4-18/h9-11,14,18,26H,1-8,12-13H2,(H,27,30). The molecule has 2 amide bonds. The van der Waals surface area contributed by atoms with E-state index in [2.05, 4.69) is 10.6 Å². The summed E-state index contributed by atoms with van der Waals surface area (Å²) in [5.41, 5.74) is -1.54. The van der Waals surface area contributed by atoms with Crippen LogP contribution in [0.2, 0.25) is 0 Å². The maximum Gasteiger partial charge on any atom is 0.416 e. The Labute approximate surface area is 173 Å². The smallest absolute Gasteiger partial charge is 0.352 e. The molecule has 166 valence electrons. The van der Waals surface area contributed by atoms with Crippen LogP contribution >= 0.6 is 0 Å². The number of rotatable bonds is 6. The molecule has 1 heterocycles. The first-order valence-corrected chi connectivity index (χ1v) is 10.4. The van der Waals surface area contributed by atoms with Gasteiger partial charge in [-0.05, 0) is 49.8 Å². The number of likely N-dealkylation sites (tertiary alicyclic amines) is 1. The summed E-state index contributed by atoms with van der Waals surface area (Å²) in [6.07, 6.45) is 1.32. The number of nitrogens with one attached hydrogen (secondary N) is 2. The second-order valence-corrected chi connectivity index (χ2v) is 8.12. The molecule has 1 aromatic rings. The molecule has 0 bridgehead atoms. The van der Waals surface area contributed by atoms with Gasteiger partial charge in [-0.2, -0.15) is 13.2 Å². The number of amides is 2. The van der Waals surface area contributed by atoms with Gasteiger partial charge in [0.15, 0.2) is 0 Å². The molecular weight excluding hydrogens is 402 g/mol. The van der Waals surface area contributed by atoms with E-state index in [0.29, 0.717) is 50.7 Å². The van der Waals surface area contributed by atoms with Crippen molar-refractivity contribution in [3.63, 3.8) is 0 Å². The molecule has 1 saturated heterocycles. The monoisotopic (exact) mass is 429 g/mol. The number of hydrogen-bond acceptors (Lipinski definition) is 3. The van der Waals surface area contributed by atoms with E-state index >= 15 is 0 Å². The molecule has 1 aliphatic heterocycles. The second-order valence-electron chi connectivity index (χ2n) is 8.12. The number of carbonyl (C=O) groups excluding carboxylic acids is 2. The summed E-state index contributed by atoms with van der Waals surface area (Å²) < 4.78 is 51.9. The van der Waals surface area contributed by atoms with Crippen molar-refractivity contribution in [1.82, 2.24) is 15.5 Å². The first kappa shape index (κ1) is 22.5. The van der Waals surface area contributed by atoms with Gasteiger partial charge in [0.05, 0.1) is 12.1 Å². The van der Waals surface area contributed by atoms with Gasteiger partial charge in [0.2, 0.25) is 5.91 Å². The molecule has 1 saturated carbocycles. The lowest BCUT2D eigenvalue weighted by Crippen LogP contribution is -2.46. The average Bonchev–Trinajstić information content (AvgIpc) is 3.23. The third kappa shape index (κ3) is 6.17. The van der Waals surface area contributed by atoms with Crippen LogP contribution in [0.5, 0.6) is 0 Å². The lowest BCUT2D eigenvalue weighted by atomic mass is 9.96. The van der Waals surface area contributed by atoms with Gasteiger partial charge in [0, 0.05) is 31.2 Å². The number of alkyl halides is 3. The topological polar surface area (TPSA) is 61.4 Å². The summed E-state index contributed by atoms with van der Waals surface area (Å²) in [5.74, 6) is -1.65. The van der Waals surface area contributed by atoms with Crippen LogP contribution in [0.4, 0.5) is 17.6 Å². The van der Waals surface area contributed by atoms with Crippen LogP contribution in [0, 0.1) is 11.7 Å². The summed E-state index contributed by atoms with van der Waals surface area (Å²) in [6.45, 7) is 1.79. The zero-order valence-electron chi connectivity index (χ0n) is 16.7. The van der Waals surface area contributed by atoms with Crippen molar-refractivity contribution < 1.29 is 27.2 Å². The van der Waals surface area contributed by atoms with Gasteiger partial charge in [0.25, 0.3) is 5.91 Å². The third-order valence-electron chi connectivity index (χ3n) is 5.90. The van der Waals surface area contributed by atoms with Crippen molar-refractivity contribution in [2.24, 2.45) is 5.92 Å². The maximum absolute atomic E-state index is 13.5. The van der Waals surface area contributed by atoms with E-state index in [1.54, 1.807) is 0 Å². The minimum absolute atomic E-state index is 0.0730. The Morgan fingerprint density at radius 1 is 1.03 bits per heavy atom. The Kier molecular flexibility index (Phi) is 7.33. The number of nitrogens with zero attached hydrogens (tertiary/aromatic N) is 1. The first-order valence-electron chi connectivity index (χ1n) is 10.4. The molecule has 3 rings (SSSR count). The number of carbonyl (C=O) groups is 2. The summed E-state index contributed by atoms with van der Waals surface area (Å²) >= 11 is 0. The minimum atomic E-state index is -4.72. The highest BCUT2D eigenvalue weighted by atomic mass is 19.4. The Balaban J connectivity index is 1.42. The van der Waals surface area contributed by atoms with Crippen LogP contribution in [0.15, 0.2) is 18.2 Å². The van der Waals surface area contributed by atoms with Crippen LogP contribution in [-0.4, -0.2) is 48.9 Å². The zero-order valence-corrected chi connectivity index (χ0v) is 16.7. The van der Waals surface area contributed by atoms with Crippen LogP contribution in [0.25, 0.3) is 0 Å². The first-order chi connectivity index (χ1) is 14.2. The second kappa shape index (κ2) is 9.76. The summed E-state index contributed by atoms with van der Waals surface area (Å²) in [7, 11) is 0. The largest absolute Gasteiger partial charge is 0.416 e. The molecule has 1 aromatic carbocycles. The molecule has 2 aliphatic rings. The lowest BCUT2D eigenvalue weighted by molar-refractivity contribution is -0.137. The van der Waals surface area contributed by atoms with Crippen molar-refractivity contribution in [1.29, 1.82) is 0 Å². The Morgan fingerprint density at radius 2 is 1.70 bits per heavy atom. The van der Waals surface area contributed by atoms with Crippen molar-refractivity contribution >= 4 is 11.8 Å². The van der Waals surface area contributed by atoms with E-state index in [4.69, 9.17) is 0 Å². The van der Waals surface area contributed by atoms with E-state index in [1.807, 2.05) is 4.90 Å². The molecule has 0 spiro atoms. The Hall–Kier alpha value is -2.16. The fourth-order valence-electron chi connectivity index (χ4n) is 4.08. The van der Waals surface area contributed by atoms with E-state index in [0.717, 1.165) is 18.9 Å². The molecular formula is C21H27F4N3O2. The fraction of sp³-hybridized carbons (Fsp3) is 0.619. The van der Waals surface area contributed by atoms with E-state index in [1.165, 1.54) is 12.8 Å². The number of halogens is 4. The number of piperidine rings is 1. The quantitative estimate of drug-likeness (QED) is 0.682. The van der Waals surface area contributed by atoms with E-state index < -0.39 is 23.5 Å². The van der Waals surface area contributed by atoms with Crippen LogP contribution < -0.4 is 10.6 Å². The molecule has 30 heavy (non-hydrogen) atoms. The van der Waals surface area contributed by atoms with Crippen molar-refractivity contribution in [2.75, 3.05) is 26.2 Å². The molecule has 9 heteroatoms. The highest BCUT2D eigenvalue weighted by Crippen LogP contribution is 2.30. The van der Waals surface area contributed by atoms with Gasteiger partial charge in [-0.25, -0.2) is 4.39 Å². The zero-order chi connectivity index (χ0) is 21.7. The number of benzene rings is 1. The highest BCUT2D eigenvalue weighted by Gasteiger charge is 2.32. The van der Waals surface area contributed by atoms with Crippen LogP contribution in [-0.2, 0) is 11.0 Å². The number of hydrogen-bond donors (Lipinski definition) is 2. The van der Waals surface area contributed by atoms with Gasteiger partial charge < -0.3 is 15.5 Å².